The summed E-state index contributed by atoms with van der Waals surface area (Å²) in [4.78, 5) is 26.6. The Kier molecular flexibility index (Phi) is 5.19. The number of hydrogen-bond acceptors (Lipinski definition) is 4. The summed E-state index contributed by atoms with van der Waals surface area (Å²) in [6.07, 6.45) is 3.09. The molecular formula is C19H22N2O4. The van der Waals surface area contributed by atoms with Crippen molar-refractivity contribution in [1.29, 1.82) is 0 Å². The molecule has 0 unspecified atom stereocenters. The Morgan fingerprint density at radius 2 is 1.88 bits per heavy atom. The summed E-state index contributed by atoms with van der Waals surface area (Å²) in [7, 11) is 0. The van der Waals surface area contributed by atoms with Gasteiger partial charge in [-0.25, -0.2) is 0 Å². The predicted octanol–water partition coefficient (Wildman–Crippen LogP) is 2.62. The molecule has 1 saturated carbocycles. The van der Waals surface area contributed by atoms with Crippen LogP contribution in [0.3, 0.4) is 0 Å². The number of pyridine rings is 1. The van der Waals surface area contributed by atoms with Crippen molar-refractivity contribution in [3.8, 4) is 5.75 Å². The molecule has 25 heavy (non-hydrogen) atoms. The summed E-state index contributed by atoms with van der Waals surface area (Å²) in [5.74, 6) is 0.190. The lowest BCUT2D eigenvalue weighted by Gasteiger charge is -2.28. The zero-order chi connectivity index (χ0) is 17.8. The van der Waals surface area contributed by atoms with E-state index in [0.717, 1.165) is 25.7 Å². The van der Waals surface area contributed by atoms with E-state index in [1.54, 1.807) is 37.3 Å². The van der Waals surface area contributed by atoms with Gasteiger partial charge in [-0.2, -0.15) is 0 Å². The minimum absolute atomic E-state index is 0.0660. The van der Waals surface area contributed by atoms with Crippen LogP contribution in [0.5, 0.6) is 5.75 Å². The van der Waals surface area contributed by atoms with Crippen LogP contribution < -0.4 is 15.6 Å². The molecule has 2 aromatic rings. The van der Waals surface area contributed by atoms with Gasteiger partial charge in [0.25, 0.3) is 11.5 Å². The molecule has 1 fully saturated rings. The first-order chi connectivity index (χ1) is 12.0. The van der Waals surface area contributed by atoms with Crippen LogP contribution in [0.1, 0.15) is 41.7 Å². The molecule has 1 aliphatic carbocycles. The molecule has 1 aliphatic rings. The number of hydrogen-bond donors (Lipinski definition) is 3. The first kappa shape index (κ1) is 17.2. The number of aromatic nitrogens is 1. The second-order valence-electron chi connectivity index (χ2n) is 6.37. The quantitative estimate of drug-likeness (QED) is 0.796. The van der Waals surface area contributed by atoms with E-state index in [9.17, 15) is 14.7 Å². The molecule has 0 saturated heterocycles. The van der Waals surface area contributed by atoms with E-state index in [4.69, 9.17) is 4.74 Å². The molecular weight excluding hydrogens is 320 g/mol. The third-order valence-electron chi connectivity index (χ3n) is 4.37. The average Bonchev–Trinajstić information content (AvgIpc) is 2.58. The van der Waals surface area contributed by atoms with Gasteiger partial charge in [0, 0.05) is 11.4 Å². The molecule has 1 aromatic carbocycles. The van der Waals surface area contributed by atoms with Crippen LogP contribution in [0.25, 0.3) is 0 Å². The van der Waals surface area contributed by atoms with Gasteiger partial charge in [0.15, 0.2) is 0 Å². The van der Waals surface area contributed by atoms with Crippen molar-refractivity contribution in [2.75, 3.05) is 5.32 Å². The highest BCUT2D eigenvalue weighted by atomic mass is 16.5. The summed E-state index contributed by atoms with van der Waals surface area (Å²) in [6.45, 7) is 1.76. The zero-order valence-electron chi connectivity index (χ0n) is 14.1. The Morgan fingerprint density at radius 3 is 2.56 bits per heavy atom. The predicted molar refractivity (Wildman–Crippen MR) is 95.1 cm³/mol. The minimum atomic E-state index is -0.461. The van der Waals surface area contributed by atoms with E-state index >= 15 is 0 Å². The van der Waals surface area contributed by atoms with E-state index in [2.05, 4.69) is 10.3 Å². The van der Waals surface area contributed by atoms with Crippen LogP contribution in [0.2, 0.25) is 0 Å². The number of nitrogens with one attached hydrogen (secondary N) is 2. The number of aryl methyl sites for hydroxylation is 1. The molecule has 0 bridgehead atoms. The molecule has 2 atom stereocenters. The molecule has 1 aromatic heterocycles. The zero-order valence-corrected chi connectivity index (χ0v) is 14.1. The van der Waals surface area contributed by atoms with Crippen LogP contribution in [-0.4, -0.2) is 28.2 Å². The van der Waals surface area contributed by atoms with E-state index in [1.807, 2.05) is 0 Å². The Morgan fingerprint density at radius 1 is 1.16 bits per heavy atom. The highest BCUT2D eigenvalue weighted by Crippen LogP contribution is 2.25. The number of rotatable bonds is 4. The smallest absolute Gasteiger partial charge is 0.261 e. The maximum Gasteiger partial charge on any atom is 0.261 e. The lowest BCUT2D eigenvalue weighted by molar-refractivity contribution is 0.00688. The molecule has 0 radical (unpaired) electrons. The normalized spacial score (nSPS) is 20.1. The molecule has 6 nitrogen and oxygen atoms in total. The van der Waals surface area contributed by atoms with Gasteiger partial charge < -0.3 is 20.1 Å². The second kappa shape index (κ2) is 7.53. The van der Waals surface area contributed by atoms with Crippen molar-refractivity contribution in [2.24, 2.45) is 0 Å². The highest BCUT2D eigenvalue weighted by molar-refractivity contribution is 6.03. The van der Waals surface area contributed by atoms with Gasteiger partial charge >= 0.3 is 0 Å². The number of amides is 1. The molecule has 3 rings (SSSR count). The van der Waals surface area contributed by atoms with Gasteiger partial charge in [-0.3, -0.25) is 9.59 Å². The number of aliphatic hydroxyl groups excluding tert-OH is 1. The molecule has 1 amide bonds. The fourth-order valence-corrected chi connectivity index (χ4v) is 2.96. The van der Waals surface area contributed by atoms with E-state index in [-0.39, 0.29) is 11.7 Å². The summed E-state index contributed by atoms with van der Waals surface area (Å²) in [5, 5.41) is 12.7. The van der Waals surface area contributed by atoms with Gasteiger partial charge in [0.05, 0.1) is 6.10 Å². The van der Waals surface area contributed by atoms with Gasteiger partial charge in [0.2, 0.25) is 0 Å². The van der Waals surface area contributed by atoms with Crippen molar-refractivity contribution in [3.05, 3.63) is 58.0 Å². The van der Waals surface area contributed by atoms with Gasteiger partial charge in [-0.1, -0.05) is 6.42 Å². The van der Waals surface area contributed by atoms with Crippen molar-refractivity contribution >= 4 is 11.6 Å². The average molecular weight is 342 g/mol. The maximum atomic E-state index is 12.2. The van der Waals surface area contributed by atoms with Crippen molar-refractivity contribution in [3.63, 3.8) is 0 Å². The SMILES string of the molecule is Cc1ccc(C(=O)Nc2ccc(O[C@H]3CCCC[C@@H]3O)cc2)c(=O)[nH]1. The second-order valence-corrected chi connectivity index (χ2v) is 6.37. The van der Waals surface area contributed by atoms with Crippen LogP contribution in [0, 0.1) is 6.92 Å². The Labute approximate surface area is 145 Å². The monoisotopic (exact) mass is 342 g/mol. The number of carbonyl (C=O) groups excluding carboxylic acids is 1. The van der Waals surface area contributed by atoms with Crippen LogP contribution >= 0.6 is 0 Å². The lowest BCUT2D eigenvalue weighted by atomic mass is 9.95. The van der Waals surface area contributed by atoms with Gasteiger partial charge in [0.1, 0.15) is 17.4 Å². The van der Waals surface area contributed by atoms with E-state index in [1.165, 1.54) is 6.07 Å². The van der Waals surface area contributed by atoms with Crippen LogP contribution in [0.15, 0.2) is 41.2 Å². The molecule has 0 spiro atoms. The number of aliphatic hydroxyl groups is 1. The van der Waals surface area contributed by atoms with Crippen LogP contribution in [-0.2, 0) is 0 Å². The number of anilines is 1. The summed E-state index contributed by atoms with van der Waals surface area (Å²) in [6, 6.07) is 10.1. The van der Waals surface area contributed by atoms with Gasteiger partial charge in [-0.15, -0.1) is 0 Å². The highest BCUT2D eigenvalue weighted by Gasteiger charge is 2.24. The molecule has 3 N–H and O–H groups in total. The fraction of sp³-hybridized carbons (Fsp3) is 0.368. The number of H-pyrrole nitrogens is 1. The Hall–Kier alpha value is -2.60. The maximum absolute atomic E-state index is 12.2. The van der Waals surface area contributed by atoms with Crippen molar-refractivity contribution in [2.45, 2.75) is 44.8 Å². The van der Waals surface area contributed by atoms with Crippen molar-refractivity contribution in [1.82, 2.24) is 4.98 Å². The standard InChI is InChI=1S/C19H22N2O4/c1-12-6-11-15(18(23)20-12)19(24)21-13-7-9-14(10-8-13)25-17-5-3-2-4-16(17)22/h6-11,16-17,22H,2-5H2,1H3,(H,20,23)(H,21,24)/t16-,17-/m0/s1. The largest absolute Gasteiger partial charge is 0.488 e. The summed E-state index contributed by atoms with van der Waals surface area (Å²) < 4.78 is 5.83. The molecule has 1 heterocycles. The number of aromatic amines is 1. The topological polar surface area (TPSA) is 91.4 Å². The first-order valence-electron chi connectivity index (χ1n) is 8.49. The van der Waals surface area contributed by atoms with Crippen molar-refractivity contribution < 1.29 is 14.6 Å². The Balaban J connectivity index is 1.64. The van der Waals surface area contributed by atoms with Crippen LogP contribution in [0.4, 0.5) is 5.69 Å². The third-order valence-corrected chi connectivity index (χ3v) is 4.37. The van der Waals surface area contributed by atoms with Gasteiger partial charge in [-0.05, 0) is 62.6 Å². The molecule has 132 valence electrons. The fourth-order valence-electron chi connectivity index (χ4n) is 2.96. The summed E-state index contributed by atoms with van der Waals surface area (Å²) in [5.41, 5.74) is 0.925. The number of ether oxygens (including phenoxy) is 1. The van der Waals surface area contributed by atoms with E-state index < -0.39 is 17.6 Å². The molecule has 0 aliphatic heterocycles. The molecule has 6 heteroatoms. The Bertz CT molecular complexity index is 798. The number of carbonyl (C=O) groups is 1. The number of benzene rings is 1. The third kappa shape index (κ3) is 4.28. The minimum Gasteiger partial charge on any atom is -0.488 e. The first-order valence-corrected chi connectivity index (χ1v) is 8.49. The van der Waals surface area contributed by atoms with E-state index in [0.29, 0.717) is 17.1 Å². The summed E-state index contributed by atoms with van der Waals surface area (Å²) >= 11 is 0. The lowest BCUT2D eigenvalue weighted by Crippen LogP contribution is -2.34.